The van der Waals surface area contributed by atoms with Gasteiger partial charge < -0.3 is 48.5 Å². The first-order chi connectivity index (χ1) is 43.6. The molecular weight excluding hydrogens is 1300 g/mol. The van der Waals surface area contributed by atoms with Gasteiger partial charge >= 0.3 is 0 Å². The third-order valence-electron chi connectivity index (χ3n) is 20.0. The maximum Gasteiger partial charge on any atom is 0.188 e. The molecule has 10 rings (SSSR count). The summed E-state index contributed by atoms with van der Waals surface area (Å²) in [4.78, 5) is 42.6. The number of thioether (sulfide) groups is 4. The van der Waals surface area contributed by atoms with Crippen LogP contribution in [0.15, 0.2) is 187 Å². The van der Waals surface area contributed by atoms with Crippen molar-refractivity contribution in [3.63, 3.8) is 0 Å². The second-order valence-corrected chi connectivity index (χ2v) is 37.0. The smallest absolute Gasteiger partial charge is 0.188 e. The Morgan fingerprint density at radius 3 is 0.980 bits per heavy atom. The number of nitrogens with zero attached hydrogens (tertiary/aromatic N) is 13. The second-order valence-electron chi connectivity index (χ2n) is 31.0. The van der Waals surface area contributed by atoms with E-state index in [1.807, 2.05) is 152 Å². The maximum atomic E-state index is 5.31. The molecule has 0 spiro atoms. The molecule has 10 aliphatic rings. The first-order valence-electron chi connectivity index (χ1n) is 32.9. The Morgan fingerprint density at radius 2 is 0.878 bits per heavy atom. The summed E-state index contributed by atoms with van der Waals surface area (Å²) < 4.78 is 16.1. The molecule has 550 valence electrons. The van der Waals surface area contributed by atoms with Gasteiger partial charge in [-0.25, -0.2) is 15.0 Å². The zero-order valence-corrected chi connectivity index (χ0v) is 71.1. The van der Waals surface area contributed by atoms with Gasteiger partial charge in [0.2, 0.25) is 0 Å². The van der Waals surface area contributed by atoms with E-state index in [0.29, 0.717) is 17.7 Å². The fraction of sp³-hybridized carbons (Fsp3) is 0.590. The van der Waals surface area contributed by atoms with Crippen molar-refractivity contribution < 1.29 is 14.2 Å². The summed E-state index contributed by atoms with van der Waals surface area (Å²) in [5, 5.41) is 4.53. The van der Waals surface area contributed by atoms with Crippen molar-refractivity contribution >= 4 is 80.6 Å². The number of hydrogen-bond donors (Lipinski definition) is 0. The average molecular weight is 1430 g/mol. The van der Waals surface area contributed by atoms with Crippen LogP contribution in [0.1, 0.15) is 194 Å². The van der Waals surface area contributed by atoms with Crippen molar-refractivity contribution in [3.05, 3.63) is 157 Å². The van der Waals surface area contributed by atoms with Gasteiger partial charge in [-0.2, -0.15) is 0 Å². The van der Waals surface area contributed by atoms with E-state index < -0.39 is 0 Å². The molecule has 0 bridgehead atoms. The Balaban J connectivity index is 0.000000545. The molecule has 0 aliphatic carbocycles. The number of ether oxygens (including phenoxy) is 3. The van der Waals surface area contributed by atoms with Crippen molar-refractivity contribution in [2.75, 3.05) is 49.3 Å². The van der Waals surface area contributed by atoms with Crippen LogP contribution in [0.3, 0.4) is 0 Å². The van der Waals surface area contributed by atoms with E-state index in [0.717, 1.165) is 77.5 Å². The molecule has 0 aromatic rings. The molecule has 20 heteroatoms. The molecule has 0 saturated carbocycles. The van der Waals surface area contributed by atoms with Gasteiger partial charge in [0, 0.05) is 94.7 Å². The summed E-state index contributed by atoms with van der Waals surface area (Å²) in [6.45, 7) is 109. The van der Waals surface area contributed by atoms with E-state index in [4.69, 9.17) is 14.2 Å². The van der Waals surface area contributed by atoms with Crippen LogP contribution >= 0.6 is 47.0 Å². The van der Waals surface area contributed by atoms with Gasteiger partial charge in [-0.05, 0) is 187 Å². The molecule has 4 fully saturated rings. The minimum Gasteiger partial charge on any atom is -0.469 e. The van der Waals surface area contributed by atoms with Crippen LogP contribution in [-0.4, -0.2) is 177 Å². The third-order valence-corrected chi connectivity index (χ3v) is 25.0. The van der Waals surface area contributed by atoms with Crippen LogP contribution in [0.5, 0.6) is 0 Å². The highest BCUT2D eigenvalue weighted by molar-refractivity contribution is 8.17. The highest BCUT2D eigenvalue weighted by Gasteiger charge is 2.48. The maximum absolute atomic E-state index is 5.31. The lowest BCUT2D eigenvalue weighted by atomic mass is 9.89. The van der Waals surface area contributed by atoms with Gasteiger partial charge in [-0.15, -0.1) is 11.8 Å². The highest BCUT2D eigenvalue weighted by Crippen LogP contribution is 2.51. The lowest BCUT2D eigenvalue weighted by molar-refractivity contribution is 0.153. The second kappa shape index (κ2) is 32.4. The molecule has 0 aromatic heterocycles. The Hall–Kier alpha value is -5.96. The summed E-state index contributed by atoms with van der Waals surface area (Å²) in [5.74, 6) is 6.72. The standard InChI is InChI=1S/C9H16N2.C9H17NS.2C8H14N2.C8H13NO.C8H13NS.2C7H11NO.2C7H11NS/c1-7-9(3,4)11(6)8(2)10(7)5;1-7-10(6)8(2,3)9(4,5)11-7;1-6-8(3,4)9-7(2)10(6)5;1-6-8(3,4)10(5)7(2)9-6;2*1-6-8(3,4)9(5)7(2)10-6;1-5-7(3,4)8-6(2)9-5;1-5-7(3,4)9-6(2)8-5;1-5-7(3,4)8-6(2)9-5;1-5-7(3,4)9-6(2)8-5/h1-2H2,3-6H3;1H2,2-6H3;2*1H2,2-5H3;2*1-2H2,3-5H3;4*1H2,2-4H3. The molecule has 10 heterocycles. The van der Waals surface area contributed by atoms with E-state index >= 15 is 0 Å². The van der Waals surface area contributed by atoms with Gasteiger partial charge in [-0.1, -0.05) is 114 Å². The van der Waals surface area contributed by atoms with Crippen LogP contribution in [-0.2, 0) is 14.2 Å². The normalized spacial score (nSPS) is 24.1. The van der Waals surface area contributed by atoms with Crippen molar-refractivity contribution in [3.8, 4) is 0 Å². The quantitative estimate of drug-likeness (QED) is 0.228. The van der Waals surface area contributed by atoms with E-state index in [2.05, 4.69) is 253 Å². The largest absolute Gasteiger partial charge is 0.469 e. The topological polar surface area (TPSA) is 125 Å². The molecular formula is C78H131N13O3S4. The third kappa shape index (κ3) is 21.8. The van der Waals surface area contributed by atoms with Crippen molar-refractivity contribution in [2.45, 2.75) is 253 Å². The molecule has 0 atom stereocenters. The van der Waals surface area contributed by atoms with Crippen LogP contribution in [0.25, 0.3) is 0 Å². The van der Waals surface area contributed by atoms with E-state index in [-0.39, 0.29) is 59.4 Å². The van der Waals surface area contributed by atoms with E-state index in [9.17, 15) is 0 Å². The number of amidine groups is 2. The Morgan fingerprint density at radius 1 is 0.367 bits per heavy atom. The summed E-state index contributed by atoms with van der Waals surface area (Å²) >= 11 is 7.01. The first-order valence-corrected chi connectivity index (χ1v) is 36.2. The molecule has 16 nitrogen and oxygen atoms in total. The first kappa shape index (κ1) is 90.1. The summed E-state index contributed by atoms with van der Waals surface area (Å²) in [6, 6.07) is 0. The summed E-state index contributed by atoms with van der Waals surface area (Å²) in [6.07, 6.45) is 0. The number of likely N-dealkylation sites (N-methyl/N-ethyl adjacent to an activating group) is 6. The van der Waals surface area contributed by atoms with E-state index in [1.165, 1.54) is 9.93 Å². The van der Waals surface area contributed by atoms with Gasteiger partial charge in [0.15, 0.2) is 17.7 Å². The number of aliphatic imine (C=N–C) groups is 6. The van der Waals surface area contributed by atoms with Crippen molar-refractivity contribution in [1.29, 1.82) is 0 Å². The van der Waals surface area contributed by atoms with Crippen molar-refractivity contribution in [2.24, 2.45) is 30.0 Å². The molecule has 4 saturated heterocycles. The predicted molar refractivity (Wildman–Crippen MR) is 440 cm³/mol. The summed E-state index contributed by atoms with van der Waals surface area (Å²) in [7, 11) is 14.2. The van der Waals surface area contributed by atoms with Crippen LogP contribution < -0.4 is 0 Å². The average Bonchev–Trinajstić information content (AvgIpc) is 1.62. The highest BCUT2D eigenvalue weighted by atomic mass is 32.2. The van der Waals surface area contributed by atoms with Crippen LogP contribution in [0.4, 0.5) is 0 Å². The molecule has 98 heavy (non-hydrogen) atoms. The molecule has 0 unspecified atom stereocenters. The van der Waals surface area contributed by atoms with Gasteiger partial charge in [0.05, 0.1) is 75.2 Å². The molecule has 0 amide bonds. The zero-order valence-electron chi connectivity index (χ0n) is 67.9. The van der Waals surface area contributed by atoms with Gasteiger partial charge in [0.25, 0.3) is 0 Å². The summed E-state index contributed by atoms with van der Waals surface area (Å²) in [5.41, 5.74) is 4.58. The molecule has 0 aromatic carbocycles. The lowest BCUT2D eigenvalue weighted by Crippen LogP contribution is -2.47. The Kier molecular flexibility index (Phi) is 29.7. The van der Waals surface area contributed by atoms with Gasteiger partial charge in [-0.3, -0.25) is 15.0 Å². The monoisotopic (exact) mass is 1430 g/mol. The van der Waals surface area contributed by atoms with Gasteiger partial charge in [0.1, 0.15) is 40.2 Å². The Bertz CT molecular complexity index is 3260. The molecule has 0 radical (unpaired) electrons. The minimum absolute atomic E-state index is 0.0179. The zero-order chi connectivity index (χ0) is 77.7. The Labute approximate surface area is 614 Å². The SMILES string of the molecule is C=C1N(C)C(=C)C(C)(C)N1C.C=C1N(C)C(C)=NC1(C)C.C=C1N=C(C)N(C)C1(C)C.C=C1N=C(C)OC1(C)C.C=C1N=C(C)SC1(C)C.C=C1OC(=C)C(C)(C)N1C.C=C1OC(C)=NC1(C)C.C=C1SC(=C)C(C)(C)N1C.C=C1SC(C)(C)C(C)(C)N1C.C=C1SC(C)=NC1(C)C. The lowest BCUT2D eigenvalue weighted by Gasteiger charge is -2.38. The fourth-order valence-corrected chi connectivity index (χ4v) is 13.8. The van der Waals surface area contributed by atoms with Crippen molar-refractivity contribution in [1.82, 2.24) is 34.3 Å². The van der Waals surface area contributed by atoms with Crippen LogP contribution in [0.2, 0.25) is 0 Å². The number of rotatable bonds is 0. The predicted octanol–water partition coefficient (Wildman–Crippen LogP) is 20.1. The fourth-order valence-electron chi connectivity index (χ4n) is 9.45. The minimum atomic E-state index is -0.274. The van der Waals surface area contributed by atoms with Crippen LogP contribution in [0, 0.1) is 0 Å². The molecule has 10 aliphatic heterocycles. The number of hydrogen-bond acceptors (Lipinski definition) is 20. The van der Waals surface area contributed by atoms with E-state index in [1.54, 1.807) is 35.3 Å². The molecule has 0 N–H and O–H groups in total.